The number of hydrazone groups is 1. The number of benzene rings is 3. The van der Waals surface area contributed by atoms with Gasteiger partial charge in [0.2, 0.25) is 0 Å². The van der Waals surface area contributed by atoms with E-state index in [1.807, 2.05) is 25.2 Å². The summed E-state index contributed by atoms with van der Waals surface area (Å²) in [5.41, 5.74) is 2.38. The summed E-state index contributed by atoms with van der Waals surface area (Å²) in [5.74, 6) is 0.896. The standard InChI is InChI=1S/C22H25N3Si/c1-23-22(24-25(2)17-18-10-5-3-6-11-18)19-12-9-15-21(16-19)26-20-13-7-4-8-14-20/h3-16H,17,26H2,1-2H3,(H,23,24). The van der Waals surface area contributed by atoms with Crippen LogP contribution in [0.2, 0.25) is 0 Å². The molecule has 0 spiro atoms. The van der Waals surface area contributed by atoms with E-state index in [0.29, 0.717) is 0 Å². The molecule has 0 saturated heterocycles. The second-order valence-electron chi connectivity index (χ2n) is 6.36. The summed E-state index contributed by atoms with van der Waals surface area (Å²) in [6.45, 7) is 0.782. The summed E-state index contributed by atoms with van der Waals surface area (Å²) in [6.07, 6.45) is 0. The van der Waals surface area contributed by atoms with E-state index in [0.717, 1.165) is 17.9 Å². The SMILES string of the molecule is CN/C(=N\N(C)Cc1ccccc1)c1cccc([SiH2]c2ccccc2)c1. The predicted octanol–water partition coefficient (Wildman–Crippen LogP) is 1.82. The van der Waals surface area contributed by atoms with Gasteiger partial charge in [-0.25, -0.2) is 0 Å². The van der Waals surface area contributed by atoms with Crippen LogP contribution in [0.5, 0.6) is 0 Å². The largest absolute Gasteiger partial charge is 0.371 e. The van der Waals surface area contributed by atoms with Gasteiger partial charge in [0.05, 0.1) is 16.1 Å². The molecule has 4 heteroatoms. The van der Waals surface area contributed by atoms with Gasteiger partial charge in [-0.3, -0.25) is 5.01 Å². The van der Waals surface area contributed by atoms with Gasteiger partial charge >= 0.3 is 0 Å². The van der Waals surface area contributed by atoms with E-state index in [2.05, 4.69) is 84.2 Å². The first-order valence-electron chi connectivity index (χ1n) is 8.89. The van der Waals surface area contributed by atoms with Crippen molar-refractivity contribution in [2.24, 2.45) is 5.10 Å². The summed E-state index contributed by atoms with van der Waals surface area (Å²) in [7, 11) is 3.47. The molecule has 3 aromatic rings. The Labute approximate surface area is 158 Å². The zero-order chi connectivity index (χ0) is 18.2. The molecule has 3 aromatic carbocycles. The quantitative estimate of drug-likeness (QED) is 0.315. The molecule has 132 valence electrons. The van der Waals surface area contributed by atoms with E-state index in [1.54, 1.807) is 0 Å². The highest BCUT2D eigenvalue weighted by Crippen LogP contribution is 2.05. The fraction of sp³-hybridized carbons (Fsp3) is 0.136. The van der Waals surface area contributed by atoms with Gasteiger partial charge in [0.1, 0.15) is 0 Å². The van der Waals surface area contributed by atoms with E-state index in [1.165, 1.54) is 15.9 Å². The minimum absolute atomic E-state index is 0.466. The van der Waals surface area contributed by atoms with Crippen molar-refractivity contribution in [2.45, 2.75) is 6.54 Å². The van der Waals surface area contributed by atoms with Crippen molar-refractivity contribution in [1.82, 2.24) is 10.3 Å². The van der Waals surface area contributed by atoms with Gasteiger partial charge in [0.25, 0.3) is 0 Å². The number of amidine groups is 1. The van der Waals surface area contributed by atoms with Crippen LogP contribution in [0.3, 0.4) is 0 Å². The van der Waals surface area contributed by atoms with Gasteiger partial charge in [-0.2, -0.15) is 5.10 Å². The maximum Gasteiger partial charge on any atom is 0.153 e. The first kappa shape index (κ1) is 18.0. The summed E-state index contributed by atoms with van der Waals surface area (Å²) < 4.78 is 0. The van der Waals surface area contributed by atoms with Crippen LogP contribution in [0, 0.1) is 0 Å². The zero-order valence-corrected chi connectivity index (χ0v) is 16.8. The average Bonchev–Trinajstić information content (AvgIpc) is 2.68. The van der Waals surface area contributed by atoms with Crippen molar-refractivity contribution in [1.29, 1.82) is 0 Å². The van der Waals surface area contributed by atoms with Crippen LogP contribution in [0.1, 0.15) is 11.1 Å². The molecule has 3 rings (SSSR count). The lowest BCUT2D eigenvalue weighted by atomic mass is 10.2. The van der Waals surface area contributed by atoms with Crippen molar-refractivity contribution >= 4 is 25.7 Å². The van der Waals surface area contributed by atoms with Crippen molar-refractivity contribution in [3.05, 3.63) is 96.1 Å². The number of nitrogens with zero attached hydrogens (tertiary/aromatic N) is 2. The molecule has 0 bridgehead atoms. The van der Waals surface area contributed by atoms with Gasteiger partial charge < -0.3 is 5.32 Å². The minimum atomic E-state index is -0.466. The molecule has 0 atom stereocenters. The first-order chi connectivity index (χ1) is 12.7. The molecule has 0 aliphatic heterocycles. The maximum absolute atomic E-state index is 4.76. The van der Waals surface area contributed by atoms with Gasteiger partial charge in [-0.1, -0.05) is 95.3 Å². The Bertz CT molecular complexity index is 848. The minimum Gasteiger partial charge on any atom is -0.371 e. The van der Waals surface area contributed by atoms with E-state index >= 15 is 0 Å². The molecule has 0 aliphatic rings. The summed E-state index contributed by atoms with van der Waals surface area (Å²) >= 11 is 0. The molecule has 3 nitrogen and oxygen atoms in total. The maximum atomic E-state index is 4.76. The van der Waals surface area contributed by atoms with Gasteiger partial charge in [-0.05, 0) is 5.56 Å². The molecule has 0 aromatic heterocycles. The Balaban J connectivity index is 1.75. The van der Waals surface area contributed by atoms with Gasteiger partial charge in [0.15, 0.2) is 5.84 Å². The van der Waals surface area contributed by atoms with Crippen molar-refractivity contribution in [3.63, 3.8) is 0 Å². The van der Waals surface area contributed by atoms with Crippen LogP contribution in [0.25, 0.3) is 0 Å². The lowest BCUT2D eigenvalue weighted by molar-refractivity contribution is 0.345. The van der Waals surface area contributed by atoms with Crippen molar-refractivity contribution in [2.75, 3.05) is 14.1 Å². The molecular weight excluding hydrogens is 334 g/mol. The summed E-state index contributed by atoms with van der Waals surface area (Å²) in [6, 6.07) is 29.9. The third-order valence-corrected chi connectivity index (χ3v) is 5.94. The Morgan fingerprint density at radius 2 is 1.54 bits per heavy atom. The molecule has 1 N–H and O–H groups in total. The van der Waals surface area contributed by atoms with Crippen LogP contribution < -0.4 is 15.7 Å². The van der Waals surface area contributed by atoms with Crippen molar-refractivity contribution < 1.29 is 0 Å². The number of nitrogens with one attached hydrogen (secondary N) is 1. The molecule has 0 unspecified atom stereocenters. The summed E-state index contributed by atoms with van der Waals surface area (Å²) in [4.78, 5) is 0. The van der Waals surface area contributed by atoms with Crippen LogP contribution in [-0.2, 0) is 6.54 Å². The zero-order valence-electron chi connectivity index (χ0n) is 15.4. The number of hydrogen-bond acceptors (Lipinski definition) is 2. The molecular formula is C22H25N3Si. The lowest BCUT2D eigenvalue weighted by Crippen LogP contribution is -2.29. The monoisotopic (exact) mass is 359 g/mol. The second-order valence-corrected chi connectivity index (χ2v) is 8.35. The molecule has 0 amide bonds. The van der Waals surface area contributed by atoms with E-state index in [-0.39, 0.29) is 0 Å². The summed E-state index contributed by atoms with van der Waals surface area (Å²) in [5, 5.41) is 12.9. The fourth-order valence-electron chi connectivity index (χ4n) is 2.97. The third kappa shape index (κ3) is 5.07. The highest BCUT2D eigenvalue weighted by molar-refractivity contribution is 6.67. The molecule has 0 aliphatic carbocycles. The Morgan fingerprint density at radius 3 is 2.23 bits per heavy atom. The van der Waals surface area contributed by atoms with Crippen LogP contribution in [0.4, 0.5) is 0 Å². The van der Waals surface area contributed by atoms with Gasteiger partial charge in [0, 0.05) is 19.7 Å². The Morgan fingerprint density at radius 1 is 0.885 bits per heavy atom. The highest BCUT2D eigenvalue weighted by Gasteiger charge is 2.06. The van der Waals surface area contributed by atoms with E-state index in [4.69, 9.17) is 5.10 Å². The molecule has 0 heterocycles. The second kappa shape index (κ2) is 9.01. The van der Waals surface area contributed by atoms with E-state index in [9.17, 15) is 0 Å². The topological polar surface area (TPSA) is 27.6 Å². The molecule has 0 fully saturated rings. The fourth-order valence-corrected chi connectivity index (χ4v) is 4.52. The average molecular weight is 360 g/mol. The van der Waals surface area contributed by atoms with Crippen molar-refractivity contribution in [3.8, 4) is 0 Å². The highest BCUT2D eigenvalue weighted by atomic mass is 28.2. The third-order valence-electron chi connectivity index (χ3n) is 4.21. The normalized spacial score (nSPS) is 11.7. The first-order valence-corrected chi connectivity index (χ1v) is 10.3. The Kier molecular flexibility index (Phi) is 6.22. The van der Waals surface area contributed by atoms with E-state index < -0.39 is 9.52 Å². The number of rotatable bonds is 6. The number of hydrogen-bond donors (Lipinski definition) is 1. The predicted molar refractivity (Wildman–Crippen MR) is 114 cm³/mol. The van der Waals surface area contributed by atoms with Crippen LogP contribution in [-0.4, -0.2) is 34.5 Å². The smallest absolute Gasteiger partial charge is 0.153 e. The van der Waals surface area contributed by atoms with Crippen LogP contribution >= 0.6 is 0 Å². The molecule has 0 saturated carbocycles. The molecule has 0 radical (unpaired) electrons. The van der Waals surface area contributed by atoms with Crippen LogP contribution in [0.15, 0.2) is 90.0 Å². The van der Waals surface area contributed by atoms with Gasteiger partial charge in [-0.15, -0.1) is 0 Å². The lowest BCUT2D eigenvalue weighted by Gasteiger charge is -2.16. The molecule has 26 heavy (non-hydrogen) atoms. The Hall–Kier alpha value is -2.85.